The summed E-state index contributed by atoms with van der Waals surface area (Å²) in [5.74, 6) is -0.00282. The van der Waals surface area contributed by atoms with E-state index in [-0.39, 0.29) is 17.9 Å². The molecule has 0 unspecified atom stereocenters. The van der Waals surface area contributed by atoms with Gasteiger partial charge in [-0.1, -0.05) is 13.0 Å². The Bertz CT molecular complexity index is 213. The summed E-state index contributed by atoms with van der Waals surface area (Å²) < 4.78 is 0. The van der Waals surface area contributed by atoms with E-state index in [0.717, 1.165) is 12.7 Å². The minimum atomic E-state index is -0.208. The van der Waals surface area contributed by atoms with Gasteiger partial charge in [-0.3, -0.25) is 4.79 Å². The van der Waals surface area contributed by atoms with Gasteiger partial charge in [-0.2, -0.15) is 0 Å². The van der Waals surface area contributed by atoms with Gasteiger partial charge in [0.25, 0.3) is 0 Å². The Morgan fingerprint density at radius 2 is 2.33 bits per heavy atom. The summed E-state index contributed by atoms with van der Waals surface area (Å²) in [4.78, 5) is 23.4. The van der Waals surface area contributed by atoms with Crippen molar-refractivity contribution in [2.24, 2.45) is 5.92 Å². The number of nitrogens with zero attached hydrogens (tertiary/aromatic N) is 1. The van der Waals surface area contributed by atoms with Crippen LogP contribution in [0.2, 0.25) is 0 Å². The first kappa shape index (κ1) is 8.97. The molecular formula is C9H13NO2. The quantitative estimate of drug-likeness (QED) is 0.349. The molecule has 0 aromatic rings. The van der Waals surface area contributed by atoms with E-state index in [2.05, 4.69) is 6.58 Å². The lowest BCUT2D eigenvalue weighted by Crippen LogP contribution is -2.61. The Kier molecular flexibility index (Phi) is 2.63. The van der Waals surface area contributed by atoms with E-state index in [4.69, 9.17) is 0 Å². The average molecular weight is 167 g/mol. The number of amides is 1. The molecule has 1 saturated heterocycles. The summed E-state index contributed by atoms with van der Waals surface area (Å²) >= 11 is 0. The zero-order valence-corrected chi connectivity index (χ0v) is 7.19. The normalized spacial score (nSPS) is 28.1. The van der Waals surface area contributed by atoms with Gasteiger partial charge in [0.2, 0.25) is 5.91 Å². The molecule has 66 valence electrons. The lowest BCUT2D eigenvalue weighted by Gasteiger charge is -2.43. The van der Waals surface area contributed by atoms with Gasteiger partial charge in [-0.25, -0.2) is 0 Å². The molecular weight excluding hydrogens is 154 g/mol. The highest BCUT2D eigenvalue weighted by molar-refractivity contribution is 5.92. The molecule has 0 spiro atoms. The highest BCUT2D eigenvalue weighted by Crippen LogP contribution is 2.27. The minimum Gasteiger partial charge on any atom is -0.328 e. The van der Waals surface area contributed by atoms with Crippen LogP contribution >= 0.6 is 0 Å². The number of carbonyl (C=O) groups is 2. The van der Waals surface area contributed by atoms with Crippen molar-refractivity contribution in [2.75, 3.05) is 6.54 Å². The minimum absolute atomic E-state index is 0.0782. The zero-order valence-electron chi connectivity index (χ0n) is 7.19. The first-order valence-electron chi connectivity index (χ1n) is 4.13. The van der Waals surface area contributed by atoms with Gasteiger partial charge >= 0.3 is 0 Å². The molecule has 0 aromatic carbocycles. The number of rotatable bonds is 4. The van der Waals surface area contributed by atoms with Crippen LogP contribution in [0.4, 0.5) is 0 Å². The fourth-order valence-corrected chi connectivity index (χ4v) is 1.58. The van der Waals surface area contributed by atoms with Crippen LogP contribution in [0, 0.1) is 5.92 Å². The Balaban J connectivity index is 2.61. The second-order valence-electron chi connectivity index (χ2n) is 2.92. The molecule has 0 aliphatic carbocycles. The van der Waals surface area contributed by atoms with Gasteiger partial charge in [-0.05, 0) is 6.42 Å². The number of hydrogen-bond acceptors (Lipinski definition) is 2. The van der Waals surface area contributed by atoms with Crippen LogP contribution in [0.15, 0.2) is 12.7 Å². The lowest BCUT2D eigenvalue weighted by molar-refractivity contribution is -0.157. The van der Waals surface area contributed by atoms with Crippen molar-refractivity contribution in [1.29, 1.82) is 0 Å². The van der Waals surface area contributed by atoms with E-state index in [0.29, 0.717) is 6.54 Å². The number of hydrogen-bond donors (Lipinski definition) is 0. The van der Waals surface area contributed by atoms with E-state index < -0.39 is 0 Å². The number of aldehydes is 1. The predicted molar refractivity (Wildman–Crippen MR) is 45.5 cm³/mol. The van der Waals surface area contributed by atoms with Crippen LogP contribution in [0.3, 0.4) is 0 Å². The van der Waals surface area contributed by atoms with Crippen LogP contribution in [-0.4, -0.2) is 29.7 Å². The van der Waals surface area contributed by atoms with Gasteiger partial charge in [-0.15, -0.1) is 6.58 Å². The van der Waals surface area contributed by atoms with Crippen LogP contribution in [0.25, 0.3) is 0 Å². The van der Waals surface area contributed by atoms with Crippen molar-refractivity contribution in [2.45, 2.75) is 19.4 Å². The number of carbonyl (C=O) groups excluding carboxylic acids is 2. The van der Waals surface area contributed by atoms with Crippen molar-refractivity contribution >= 4 is 12.2 Å². The molecule has 1 aliphatic heterocycles. The average Bonchev–Trinajstić information content (AvgIpc) is 2.09. The maximum absolute atomic E-state index is 11.3. The standard InChI is InChI=1S/C9H13NO2/c1-3-5-10-8(6-11)7(4-2)9(10)12/h3,6-8H,1,4-5H2,2H3/t7-,8+/m0/s1. The van der Waals surface area contributed by atoms with Gasteiger partial charge in [0.15, 0.2) is 0 Å². The van der Waals surface area contributed by atoms with E-state index in [1.54, 1.807) is 11.0 Å². The molecule has 12 heavy (non-hydrogen) atoms. The maximum Gasteiger partial charge on any atom is 0.229 e. The Hall–Kier alpha value is -1.12. The summed E-state index contributed by atoms with van der Waals surface area (Å²) in [6.45, 7) is 5.93. The molecule has 1 heterocycles. The van der Waals surface area contributed by atoms with Crippen LogP contribution in [0.1, 0.15) is 13.3 Å². The highest BCUT2D eigenvalue weighted by atomic mass is 16.2. The van der Waals surface area contributed by atoms with Gasteiger partial charge < -0.3 is 9.69 Å². The van der Waals surface area contributed by atoms with Crippen LogP contribution in [-0.2, 0) is 9.59 Å². The predicted octanol–water partition coefficient (Wildman–Crippen LogP) is 0.608. The third kappa shape index (κ3) is 1.15. The topological polar surface area (TPSA) is 37.4 Å². The molecule has 1 aliphatic rings. The Labute approximate surface area is 72.0 Å². The smallest absolute Gasteiger partial charge is 0.229 e. The molecule has 0 bridgehead atoms. The second-order valence-corrected chi connectivity index (χ2v) is 2.92. The SMILES string of the molecule is C=CCN1C(=O)[C@@H](CC)[C@H]1C=O. The molecule has 0 N–H and O–H groups in total. The highest BCUT2D eigenvalue weighted by Gasteiger charge is 2.44. The molecule has 0 radical (unpaired) electrons. The van der Waals surface area contributed by atoms with Gasteiger partial charge in [0, 0.05) is 6.54 Å². The summed E-state index contributed by atoms with van der Waals surface area (Å²) in [6, 6.07) is -0.208. The fourth-order valence-electron chi connectivity index (χ4n) is 1.58. The number of likely N-dealkylation sites (tertiary alicyclic amines) is 1. The molecule has 1 rings (SSSR count). The maximum atomic E-state index is 11.3. The van der Waals surface area contributed by atoms with Crippen molar-refractivity contribution in [3.8, 4) is 0 Å². The third-order valence-corrected chi connectivity index (χ3v) is 2.28. The summed E-state index contributed by atoms with van der Waals surface area (Å²) in [6.07, 6.45) is 3.23. The largest absolute Gasteiger partial charge is 0.328 e. The first-order chi connectivity index (χ1) is 5.76. The molecule has 2 atom stereocenters. The Morgan fingerprint density at radius 1 is 1.67 bits per heavy atom. The monoisotopic (exact) mass is 167 g/mol. The van der Waals surface area contributed by atoms with E-state index in [1.807, 2.05) is 6.92 Å². The summed E-state index contributed by atoms with van der Waals surface area (Å²) in [5.41, 5.74) is 0. The zero-order chi connectivity index (χ0) is 9.14. The van der Waals surface area contributed by atoms with Crippen molar-refractivity contribution < 1.29 is 9.59 Å². The van der Waals surface area contributed by atoms with Crippen molar-refractivity contribution in [3.05, 3.63) is 12.7 Å². The van der Waals surface area contributed by atoms with Crippen molar-refractivity contribution in [3.63, 3.8) is 0 Å². The fraction of sp³-hybridized carbons (Fsp3) is 0.556. The molecule has 0 saturated carbocycles. The number of β-lactam (4-membered cyclic amide) rings is 1. The van der Waals surface area contributed by atoms with E-state index >= 15 is 0 Å². The molecule has 1 fully saturated rings. The Morgan fingerprint density at radius 3 is 2.75 bits per heavy atom. The third-order valence-electron chi connectivity index (χ3n) is 2.28. The van der Waals surface area contributed by atoms with E-state index in [1.165, 1.54) is 0 Å². The van der Waals surface area contributed by atoms with Crippen molar-refractivity contribution in [1.82, 2.24) is 4.90 Å². The lowest BCUT2D eigenvalue weighted by atomic mass is 9.86. The summed E-state index contributed by atoms with van der Waals surface area (Å²) in [7, 11) is 0. The van der Waals surface area contributed by atoms with Crippen LogP contribution < -0.4 is 0 Å². The van der Waals surface area contributed by atoms with Crippen LogP contribution in [0.5, 0.6) is 0 Å². The molecule has 1 amide bonds. The van der Waals surface area contributed by atoms with Gasteiger partial charge in [0.1, 0.15) is 6.29 Å². The van der Waals surface area contributed by atoms with Gasteiger partial charge in [0.05, 0.1) is 12.0 Å². The first-order valence-corrected chi connectivity index (χ1v) is 4.13. The molecule has 3 nitrogen and oxygen atoms in total. The van der Waals surface area contributed by atoms with E-state index in [9.17, 15) is 9.59 Å². The second kappa shape index (κ2) is 3.52. The molecule has 0 aromatic heterocycles. The summed E-state index contributed by atoms with van der Waals surface area (Å²) in [5, 5.41) is 0. The molecule has 3 heteroatoms.